The fraction of sp³-hybridized carbons (Fsp3) is 0.588. The molecule has 0 radical (unpaired) electrons. The Labute approximate surface area is 149 Å². The van der Waals surface area contributed by atoms with Crippen LogP contribution >= 0.6 is 0 Å². The van der Waals surface area contributed by atoms with Gasteiger partial charge in [0.1, 0.15) is 19.3 Å². The van der Waals surface area contributed by atoms with E-state index in [9.17, 15) is 13.2 Å². The number of ether oxygens (including phenoxy) is 2. The van der Waals surface area contributed by atoms with Crippen LogP contribution in [0.4, 0.5) is 5.69 Å². The molecule has 1 atom stereocenters. The number of fused-ring (bicyclic) bond motifs is 1. The van der Waals surface area contributed by atoms with Gasteiger partial charge in [-0.3, -0.25) is 9.10 Å². The van der Waals surface area contributed by atoms with Crippen molar-refractivity contribution in [3.8, 4) is 11.5 Å². The first-order valence-electron chi connectivity index (χ1n) is 8.37. The van der Waals surface area contributed by atoms with E-state index < -0.39 is 16.1 Å². The molecule has 1 heterocycles. The first-order chi connectivity index (χ1) is 11.7. The van der Waals surface area contributed by atoms with Gasteiger partial charge in [0.2, 0.25) is 15.9 Å². The Morgan fingerprint density at radius 2 is 1.84 bits per heavy atom. The highest BCUT2D eigenvalue weighted by Crippen LogP contribution is 2.35. The van der Waals surface area contributed by atoms with Gasteiger partial charge in [-0.15, -0.1) is 0 Å². The Bertz CT molecular complexity index is 718. The van der Waals surface area contributed by atoms with Crippen LogP contribution < -0.4 is 19.1 Å². The zero-order valence-electron chi connectivity index (χ0n) is 15.1. The van der Waals surface area contributed by atoms with Crippen molar-refractivity contribution >= 4 is 21.6 Å². The maximum absolute atomic E-state index is 12.4. The number of hydrogen-bond acceptors (Lipinski definition) is 5. The maximum Gasteiger partial charge on any atom is 0.243 e. The van der Waals surface area contributed by atoms with E-state index in [1.807, 2.05) is 0 Å². The molecular formula is C17H26N2O5S. The average Bonchev–Trinajstić information content (AvgIpc) is 2.53. The van der Waals surface area contributed by atoms with E-state index in [0.717, 1.165) is 17.0 Å². The molecule has 0 spiro atoms. The van der Waals surface area contributed by atoms with E-state index in [4.69, 9.17) is 9.47 Å². The van der Waals surface area contributed by atoms with Gasteiger partial charge >= 0.3 is 0 Å². The molecule has 0 saturated heterocycles. The molecule has 1 aromatic rings. The molecule has 0 aromatic heterocycles. The fourth-order valence-electron chi connectivity index (χ4n) is 2.61. The molecule has 0 unspecified atom stereocenters. The summed E-state index contributed by atoms with van der Waals surface area (Å²) in [6.45, 7) is 7.07. The Morgan fingerprint density at radius 3 is 2.44 bits per heavy atom. The second kappa shape index (κ2) is 7.95. The predicted molar refractivity (Wildman–Crippen MR) is 96.7 cm³/mol. The van der Waals surface area contributed by atoms with Gasteiger partial charge in [0, 0.05) is 12.6 Å². The van der Waals surface area contributed by atoms with Crippen molar-refractivity contribution in [2.24, 2.45) is 5.92 Å². The molecule has 7 nitrogen and oxygen atoms in total. The molecule has 8 heteroatoms. The zero-order chi connectivity index (χ0) is 18.6. The van der Waals surface area contributed by atoms with Crippen molar-refractivity contribution in [2.45, 2.75) is 33.2 Å². The Kier molecular flexibility index (Phi) is 6.16. The summed E-state index contributed by atoms with van der Waals surface area (Å²) in [6.07, 6.45) is 1.92. The van der Waals surface area contributed by atoms with Crippen LogP contribution in [0, 0.1) is 5.92 Å². The molecule has 0 bridgehead atoms. The van der Waals surface area contributed by atoms with Crippen LogP contribution in [-0.2, 0) is 14.8 Å². The van der Waals surface area contributed by atoms with E-state index in [1.54, 1.807) is 25.1 Å². The highest BCUT2D eigenvalue weighted by molar-refractivity contribution is 7.92. The molecule has 2 rings (SSSR count). The second-order valence-electron chi connectivity index (χ2n) is 6.54. The number of nitrogens with zero attached hydrogens (tertiary/aromatic N) is 1. The lowest BCUT2D eigenvalue weighted by Gasteiger charge is -2.29. The molecule has 0 fully saturated rings. The Balaban J connectivity index is 2.23. The maximum atomic E-state index is 12.4. The third-order valence-corrected chi connectivity index (χ3v) is 5.13. The van der Waals surface area contributed by atoms with Gasteiger partial charge in [-0.2, -0.15) is 0 Å². The molecule has 0 saturated carbocycles. The van der Waals surface area contributed by atoms with Crippen LogP contribution in [0.2, 0.25) is 0 Å². The minimum Gasteiger partial charge on any atom is -0.486 e. The van der Waals surface area contributed by atoms with E-state index in [0.29, 0.717) is 42.9 Å². The first-order valence-corrected chi connectivity index (χ1v) is 10.2. The molecule has 0 aliphatic carbocycles. The summed E-state index contributed by atoms with van der Waals surface area (Å²) in [5, 5.41) is 2.80. The number of anilines is 1. The van der Waals surface area contributed by atoms with Crippen molar-refractivity contribution in [2.75, 3.05) is 30.3 Å². The number of benzene rings is 1. The van der Waals surface area contributed by atoms with E-state index in [-0.39, 0.29) is 5.91 Å². The smallest absolute Gasteiger partial charge is 0.243 e. The number of nitrogens with one attached hydrogen (secondary N) is 1. The van der Waals surface area contributed by atoms with E-state index >= 15 is 0 Å². The molecule has 25 heavy (non-hydrogen) atoms. The highest BCUT2D eigenvalue weighted by atomic mass is 32.2. The number of sulfonamides is 1. The quantitative estimate of drug-likeness (QED) is 0.791. The Morgan fingerprint density at radius 1 is 1.20 bits per heavy atom. The number of amides is 1. The Hall–Kier alpha value is -1.96. The van der Waals surface area contributed by atoms with E-state index in [1.165, 1.54) is 0 Å². The molecule has 140 valence electrons. The fourth-order valence-corrected chi connectivity index (χ4v) is 3.78. The van der Waals surface area contributed by atoms with Crippen LogP contribution in [0.1, 0.15) is 27.2 Å². The van der Waals surface area contributed by atoms with Gasteiger partial charge < -0.3 is 14.8 Å². The molecule has 1 amide bonds. The van der Waals surface area contributed by atoms with Crippen molar-refractivity contribution in [3.05, 3.63) is 18.2 Å². The first kappa shape index (κ1) is 19.4. The lowest BCUT2D eigenvalue weighted by molar-refractivity contribution is -0.121. The molecular weight excluding hydrogens is 344 g/mol. The second-order valence-corrected chi connectivity index (χ2v) is 8.40. The summed E-state index contributed by atoms with van der Waals surface area (Å²) < 4.78 is 36.7. The SMILES string of the molecule is CC(C)CCNC(=O)[C@@H](C)N(c1ccc2c(c1)OCCO2)S(C)(=O)=O. The number of carbonyl (C=O) groups is 1. The van der Waals surface area contributed by atoms with Crippen LogP contribution in [0.25, 0.3) is 0 Å². The average molecular weight is 370 g/mol. The molecule has 1 aromatic carbocycles. The standard InChI is InChI=1S/C17H26N2O5S/c1-12(2)7-8-18-17(20)13(3)19(25(4,21)22)14-5-6-15-16(11-14)24-10-9-23-15/h5-6,11-13H,7-10H2,1-4H3,(H,18,20)/t13-/m1/s1. The summed E-state index contributed by atoms with van der Waals surface area (Å²) in [7, 11) is -3.65. The van der Waals surface area contributed by atoms with Crippen molar-refractivity contribution in [1.82, 2.24) is 5.32 Å². The van der Waals surface area contributed by atoms with Gasteiger partial charge in [-0.05, 0) is 31.4 Å². The summed E-state index contributed by atoms with van der Waals surface area (Å²) in [5.74, 6) is 1.17. The van der Waals surface area contributed by atoms with Crippen LogP contribution in [0.5, 0.6) is 11.5 Å². The number of hydrogen-bond donors (Lipinski definition) is 1. The highest BCUT2D eigenvalue weighted by Gasteiger charge is 2.30. The molecule has 1 aliphatic heterocycles. The molecule has 1 N–H and O–H groups in total. The summed E-state index contributed by atoms with van der Waals surface area (Å²) >= 11 is 0. The van der Waals surface area contributed by atoms with Crippen LogP contribution in [-0.4, -0.2) is 46.4 Å². The lowest BCUT2D eigenvalue weighted by Crippen LogP contribution is -2.48. The van der Waals surface area contributed by atoms with Crippen molar-refractivity contribution in [3.63, 3.8) is 0 Å². The van der Waals surface area contributed by atoms with Crippen LogP contribution in [0.3, 0.4) is 0 Å². The number of carbonyl (C=O) groups excluding carboxylic acids is 1. The molecule has 1 aliphatic rings. The summed E-state index contributed by atoms with van der Waals surface area (Å²) in [4.78, 5) is 12.4. The van der Waals surface area contributed by atoms with Gasteiger partial charge in [-0.1, -0.05) is 13.8 Å². The monoisotopic (exact) mass is 370 g/mol. The van der Waals surface area contributed by atoms with Crippen molar-refractivity contribution < 1.29 is 22.7 Å². The topological polar surface area (TPSA) is 84.9 Å². The number of rotatable bonds is 7. The van der Waals surface area contributed by atoms with Gasteiger partial charge in [0.15, 0.2) is 11.5 Å². The van der Waals surface area contributed by atoms with Gasteiger partial charge in [0.25, 0.3) is 0 Å². The third-order valence-electron chi connectivity index (χ3n) is 3.89. The normalized spacial score (nSPS) is 14.9. The summed E-state index contributed by atoms with van der Waals surface area (Å²) in [5.41, 5.74) is 0.373. The van der Waals surface area contributed by atoms with Gasteiger partial charge in [0.05, 0.1) is 11.9 Å². The predicted octanol–water partition coefficient (Wildman–Crippen LogP) is 1.77. The lowest BCUT2D eigenvalue weighted by atomic mass is 10.1. The summed E-state index contributed by atoms with van der Waals surface area (Å²) in [6, 6.07) is 4.00. The minimum absolute atomic E-state index is 0.332. The van der Waals surface area contributed by atoms with Gasteiger partial charge in [-0.25, -0.2) is 8.42 Å². The third kappa shape index (κ3) is 5.01. The van der Waals surface area contributed by atoms with Crippen LogP contribution in [0.15, 0.2) is 18.2 Å². The van der Waals surface area contributed by atoms with E-state index in [2.05, 4.69) is 19.2 Å². The largest absolute Gasteiger partial charge is 0.486 e. The minimum atomic E-state index is -3.65. The van der Waals surface area contributed by atoms with Crippen molar-refractivity contribution in [1.29, 1.82) is 0 Å². The zero-order valence-corrected chi connectivity index (χ0v) is 15.9.